The minimum absolute atomic E-state index is 0.319. The number of nitrogens with zero attached hydrogens (tertiary/aromatic N) is 3. The molecule has 0 saturated heterocycles. The van der Waals surface area contributed by atoms with Gasteiger partial charge in [-0.25, -0.2) is 9.78 Å². The highest BCUT2D eigenvalue weighted by molar-refractivity contribution is 5.94. The van der Waals surface area contributed by atoms with Crippen molar-refractivity contribution < 1.29 is 9.53 Å². The smallest absolute Gasteiger partial charge is 0.338 e. The van der Waals surface area contributed by atoms with Crippen molar-refractivity contribution in [3.05, 3.63) is 48.3 Å². The van der Waals surface area contributed by atoms with Crippen molar-refractivity contribution in [1.29, 1.82) is 0 Å². The molecule has 0 radical (unpaired) electrons. The van der Waals surface area contributed by atoms with Gasteiger partial charge in [-0.1, -0.05) is 0 Å². The van der Waals surface area contributed by atoms with Gasteiger partial charge in [0.1, 0.15) is 5.82 Å². The van der Waals surface area contributed by atoms with Gasteiger partial charge >= 0.3 is 5.97 Å². The number of esters is 1. The molecule has 0 unspecified atom stereocenters. The van der Waals surface area contributed by atoms with Crippen LogP contribution >= 0.6 is 0 Å². The Bertz CT molecular complexity index is 809. The lowest BCUT2D eigenvalue weighted by atomic mass is 10.2. The summed E-state index contributed by atoms with van der Waals surface area (Å²) < 4.78 is 7.17. The number of aromatic nitrogens is 3. The first-order valence-electron chi connectivity index (χ1n) is 7.32. The molecule has 0 N–H and O–H groups in total. The van der Waals surface area contributed by atoms with Crippen molar-refractivity contribution in [3.63, 3.8) is 0 Å². The Kier molecular flexibility index (Phi) is 3.87. The van der Waals surface area contributed by atoms with E-state index in [-0.39, 0.29) is 5.97 Å². The maximum atomic E-state index is 11.9. The van der Waals surface area contributed by atoms with Gasteiger partial charge in [-0.3, -0.25) is 4.98 Å². The Balaban J connectivity index is 2.13. The number of carbonyl (C=O) groups excluding carboxylic acids is 1. The van der Waals surface area contributed by atoms with E-state index in [1.807, 2.05) is 18.2 Å². The van der Waals surface area contributed by atoms with Crippen LogP contribution < -0.4 is 0 Å². The highest BCUT2D eigenvalue weighted by Crippen LogP contribution is 2.25. The first-order valence-corrected chi connectivity index (χ1v) is 7.32. The summed E-state index contributed by atoms with van der Waals surface area (Å²) in [4.78, 5) is 20.6. The van der Waals surface area contributed by atoms with Crippen LogP contribution in [0.3, 0.4) is 0 Å². The fraction of sp³-hybridized carbons (Fsp3) is 0.235. The van der Waals surface area contributed by atoms with Crippen molar-refractivity contribution in [2.24, 2.45) is 0 Å². The highest BCUT2D eigenvalue weighted by Gasteiger charge is 2.14. The zero-order valence-corrected chi connectivity index (χ0v) is 12.6. The molecule has 0 aliphatic rings. The molecule has 3 rings (SSSR count). The molecular formula is C17H17N3O2. The standard InChI is InChI=1S/C17H17N3O2/c1-3-20-15-6-5-13(17(21)22-4-2)11-14(15)19-16(20)12-7-9-18-10-8-12/h5-11H,3-4H2,1-2H3. The fourth-order valence-corrected chi connectivity index (χ4v) is 2.51. The molecule has 3 aromatic rings. The molecule has 5 nitrogen and oxygen atoms in total. The molecule has 0 aliphatic carbocycles. The van der Waals surface area contributed by atoms with Crippen LogP contribution in [0.1, 0.15) is 24.2 Å². The average molecular weight is 295 g/mol. The van der Waals surface area contributed by atoms with Crippen LogP contribution in [0.4, 0.5) is 0 Å². The summed E-state index contributed by atoms with van der Waals surface area (Å²) in [5, 5.41) is 0. The van der Waals surface area contributed by atoms with Gasteiger partial charge in [0.2, 0.25) is 0 Å². The second kappa shape index (κ2) is 5.97. The van der Waals surface area contributed by atoms with Crippen LogP contribution in [-0.4, -0.2) is 27.1 Å². The Morgan fingerprint density at radius 2 is 1.95 bits per heavy atom. The minimum atomic E-state index is -0.319. The lowest BCUT2D eigenvalue weighted by Gasteiger charge is -2.06. The van der Waals surface area contributed by atoms with E-state index in [1.165, 1.54) is 0 Å². The molecule has 22 heavy (non-hydrogen) atoms. The van der Waals surface area contributed by atoms with Crippen molar-refractivity contribution in [3.8, 4) is 11.4 Å². The molecule has 5 heteroatoms. The van der Waals surface area contributed by atoms with E-state index in [0.717, 1.165) is 29.0 Å². The molecule has 0 bridgehead atoms. The molecule has 112 valence electrons. The molecule has 2 heterocycles. The Morgan fingerprint density at radius 1 is 1.18 bits per heavy atom. The molecular weight excluding hydrogens is 278 g/mol. The first kappa shape index (κ1) is 14.3. The van der Waals surface area contributed by atoms with Crippen LogP contribution in [0.25, 0.3) is 22.4 Å². The zero-order chi connectivity index (χ0) is 15.5. The molecule has 0 atom stereocenters. The Hall–Kier alpha value is -2.69. The topological polar surface area (TPSA) is 57.0 Å². The summed E-state index contributed by atoms with van der Waals surface area (Å²) in [6.45, 7) is 5.03. The second-order valence-electron chi connectivity index (χ2n) is 4.84. The van der Waals surface area contributed by atoms with Crippen molar-refractivity contribution in [2.45, 2.75) is 20.4 Å². The predicted octanol–water partition coefficient (Wildman–Crippen LogP) is 3.29. The number of benzene rings is 1. The van der Waals surface area contributed by atoms with Gasteiger partial charge in [-0.15, -0.1) is 0 Å². The van der Waals surface area contributed by atoms with Crippen LogP contribution in [0.5, 0.6) is 0 Å². The van der Waals surface area contributed by atoms with Crippen LogP contribution in [0.2, 0.25) is 0 Å². The molecule has 0 amide bonds. The van der Waals surface area contributed by atoms with Crippen LogP contribution in [0, 0.1) is 0 Å². The summed E-state index contributed by atoms with van der Waals surface area (Å²) in [5.74, 6) is 0.557. The molecule has 0 saturated carbocycles. The number of hydrogen-bond acceptors (Lipinski definition) is 4. The lowest BCUT2D eigenvalue weighted by Crippen LogP contribution is -2.04. The monoisotopic (exact) mass is 295 g/mol. The van der Waals surface area contributed by atoms with Gasteiger partial charge in [-0.05, 0) is 44.2 Å². The number of carbonyl (C=O) groups is 1. The quantitative estimate of drug-likeness (QED) is 0.693. The first-order chi connectivity index (χ1) is 10.7. The number of fused-ring (bicyclic) bond motifs is 1. The van der Waals surface area contributed by atoms with E-state index in [4.69, 9.17) is 4.74 Å². The molecule has 0 fully saturated rings. The minimum Gasteiger partial charge on any atom is -0.462 e. The summed E-state index contributed by atoms with van der Waals surface area (Å²) in [5.41, 5.74) is 3.32. The summed E-state index contributed by atoms with van der Waals surface area (Å²) in [7, 11) is 0. The molecule has 0 spiro atoms. The third-order valence-corrected chi connectivity index (χ3v) is 3.51. The normalized spacial score (nSPS) is 10.8. The second-order valence-corrected chi connectivity index (χ2v) is 4.84. The highest BCUT2D eigenvalue weighted by atomic mass is 16.5. The largest absolute Gasteiger partial charge is 0.462 e. The third kappa shape index (κ3) is 2.45. The van der Waals surface area contributed by atoms with Gasteiger partial charge < -0.3 is 9.30 Å². The van der Waals surface area contributed by atoms with E-state index in [1.54, 1.807) is 31.5 Å². The number of imidazole rings is 1. The van der Waals surface area contributed by atoms with E-state index >= 15 is 0 Å². The SMILES string of the molecule is CCOC(=O)c1ccc2c(c1)nc(-c1ccncc1)n2CC. The van der Waals surface area contributed by atoms with Crippen LogP contribution in [-0.2, 0) is 11.3 Å². The van der Waals surface area contributed by atoms with Crippen LogP contribution in [0.15, 0.2) is 42.7 Å². The lowest BCUT2D eigenvalue weighted by molar-refractivity contribution is 0.0526. The zero-order valence-electron chi connectivity index (χ0n) is 12.6. The summed E-state index contributed by atoms with van der Waals surface area (Å²) in [6, 6.07) is 9.34. The number of ether oxygens (including phenoxy) is 1. The van der Waals surface area contributed by atoms with E-state index < -0.39 is 0 Å². The van der Waals surface area contributed by atoms with Crippen molar-refractivity contribution >= 4 is 17.0 Å². The Labute approximate surface area is 128 Å². The molecule has 2 aromatic heterocycles. The van der Waals surface area contributed by atoms with E-state index in [2.05, 4.69) is 21.5 Å². The molecule has 1 aromatic carbocycles. The predicted molar refractivity (Wildman–Crippen MR) is 84.6 cm³/mol. The molecule has 0 aliphatic heterocycles. The number of rotatable bonds is 4. The average Bonchev–Trinajstić information content (AvgIpc) is 2.93. The van der Waals surface area contributed by atoms with Gasteiger partial charge in [0.15, 0.2) is 0 Å². The van der Waals surface area contributed by atoms with Gasteiger partial charge in [0.05, 0.1) is 23.2 Å². The maximum absolute atomic E-state index is 11.9. The van der Waals surface area contributed by atoms with Gasteiger partial charge in [0.25, 0.3) is 0 Å². The summed E-state index contributed by atoms with van der Waals surface area (Å²) >= 11 is 0. The van der Waals surface area contributed by atoms with Crippen molar-refractivity contribution in [1.82, 2.24) is 14.5 Å². The third-order valence-electron chi connectivity index (χ3n) is 3.51. The van der Waals surface area contributed by atoms with Gasteiger partial charge in [0, 0.05) is 24.5 Å². The Morgan fingerprint density at radius 3 is 2.64 bits per heavy atom. The summed E-state index contributed by atoms with van der Waals surface area (Å²) in [6.07, 6.45) is 3.50. The fourth-order valence-electron chi connectivity index (χ4n) is 2.51. The van der Waals surface area contributed by atoms with Gasteiger partial charge in [-0.2, -0.15) is 0 Å². The number of hydrogen-bond donors (Lipinski definition) is 0. The maximum Gasteiger partial charge on any atom is 0.338 e. The van der Waals surface area contributed by atoms with E-state index in [0.29, 0.717) is 12.2 Å². The number of pyridine rings is 1. The van der Waals surface area contributed by atoms with Crippen molar-refractivity contribution in [2.75, 3.05) is 6.61 Å². The number of aryl methyl sites for hydroxylation is 1. The van der Waals surface area contributed by atoms with E-state index in [9.17, 15) is 4.79 Å².